The first-order chi connectivity index (χ1) is 7.88. The fraction of sp³-hybridized carbons (Fsp3) is 0.100. The van der Waals surface area contributed by atoms with Gasteiger partial charge in [0.15, 0.2) is 0 Å². The molecule has 90 valence electrons. The molecule has 0 bridgehead atoms. The fourth-order valence-electron chi connectivity index (χ4n) is 1.50. The number of H-pyrrole nitrogens is 1. The highest BCUT2D eigenvalue weighted by molar-refractivity contribution is 7.60. The summed E-state index contributed by atoms with van der Waals surface area (Å²) < 4.78 is 12.3. The molecular formula is C10H11N2O4P. The number of benzene rings is 1. The van der Waals surface area contributed by atoms with Gasteiger partial charge in [0, 0.05) is 11.8 Å². The van der Waals surface area contributed by atoms with E-state index in [1.54, 1.807) is 6.92 Å². The summed E-state index contributed by atoms with van der Waals surface area (Å²) >= 11 is 0. The molecule has 6 nitrogen and oxygen atoms in total. The second-order valence-corrected chi connectivity index (χ2v) is 5.28. The third kappa shape index (κ3) is 2.39. The van der Waals surface area contributed by atoms with Crippen molar-refractivity contribution in [3.05, 3.63) is 46.4 Å². The second kappa shape index (κ2) is 4.00. The molecular weight excluding hydrogens is 243 g/mol. The van der Waals surface area contributed by atoms with Crippen molar-refractivity contribution in [3.8, 4) is 5.69 Å². The molecule has 0 atom stereocenters. The van der Waals surface area contributed by atoms with Gasteiger partial charge < -0.3 is 9.79 Å². The van der Waals surface area contributed by atoms with Gasteiger partial charge in [-0.25, -0.2) is 4.68 Å². The Morgan fingerprint density at radius 1 is 1.24 bits per heavy atom. The van der Waals surface area contributed by atoms with Crippen LogP contribution in [0.4, 0.5) is 0 Å². The van der Waals surface area contributed by atoms with Crippen LogP contribution in [-0.4, -0.2) is 19.6 Å². The Morgan fingerprint density at radius 2 is 1.82 bits per heavy atom. The minimum atomic E-state index is -4.23. The first-order valence-corrected chi connectivity index (χ1v) is 6.44. The van der Waals surface area contributed by atoms with Crippen LogP contribution in [-0.2, 0) is 4.57 Å². The zero-order chi connectivity index (χ0) is 12.6. The average Bonchev–Trinajstić information content (AvgIpc) is 2.57. The van der Waals surface area contributed by atoms with Crippen LogP contribution < -0.4 is 10.9 Å². The minimum Gasteiger partial charge on any atom is -0.321 e. The Morgan fingerprint density at radius 3 is 2.24 bits per heavy atom. The van der Waals surface area contributed by atoms with Crippen LogP contribution in [0.25, 0.3) is 5.69 Å². The summed E-state index contributed by atoms with van der Waals surface area (Å²) in [7, 11) is -4.23. The van der Waals surface area contributed by atoms with Crippen molar-refractivity contribution in [2.75, 3.05) is 0 Å². The molecule has 2 rings (SSSR count). The van der Waals surface area contributed by atoms with Crippen LogP contribution in [0.3, 0.4) is 0 Å². The first-order valence-electron chi connectivity index (χ1n) is 4.83. The van der Waals surface area contributed by atoms with Crippen LogP contribution in [0.5, 0.6) is 0 Å². The molecule has 0 fully saturated rings. The first kappa shape index (κ1) is 11.9. The molecule has 0 radical (unpaired) electrons. The number of hydrogen-bond donors (Lipinski definition) is 3. The lowest BCUT2D eigenvalue weighted by molar-refractivity contribution is 0.387. The van der Waals surface area contributed by atoms with E-state index in [9.17, 15) is 9.36 Å². The molecule has 0 spiro atoms. The van der Waals surface area contributed by atoms with Crippen LogP contribution in [0.2, 0.25) is 0 Å². The van der Waals surface area contributed by atoms with Gasteiger partial charge in [-0.1, -0.05) is 0 Å². The van der Waals surface area contributed by atoms with Gasteiger partial charge in [-0.2, -0.15) is 0 Å². The molecule has 0 aliphatic heterocycles. The lowest BCUT2D eigenvalue weighted by atomic mass is 10.3. The molecule has 2 aromatic rings. The molecule has 7 heteroatoms. The zero-order valence-electron chi connectivity index (χ0n) is 8.99. The van der Waals surface area contributed by atoms with Gasteiger partial charge >= 0.3 is 7.60 Å². The van der Waals surface area contributed by atoms with Crippen LogP contribution in [0, 0.1) is 6.92 Å². The van der Waals surface area contributed by atoms with E-state index in [2.05, 4.69) is 5.10 Å². The van der Waals surface area contributed by atoms with Gasteiger partial charge in [0.25, 0.3) is 5.56 Å². The van der Waals surface area contributed by atoms with Crippen LogP contribution in [0.1, 0.15) is 5.69 Å². The fourth-order valence-corrected chi connectivity index (χ4v) is 2.04. The van der Waals surface area contributed by atoms with Gasteiger partial charge in [0.2, 0.25) is 0 Å². The summed E-state index contributed by atoms with van der Waals surface area (Å²) in [6, 6.07) is 7.01. The highest BCUT2D eigenvalue weighted by Gasteiger charge is 2.16. The van der Waals surface area contributed by atoms with Crippen molar-refractivity contribution >= 4 is 12.9 Å². The van der Waals surface area contributed by atoms with Gasteiger partial charge in [-0.15, -0.1) is 0 Å². The number of hydrogen-bond acceptors (Lipinski definition) is 2. The number of nitrogens with one attached hydrogen (secondary N) is 1. The topological polar surface area (TPSA) is 95.3 Å². The number of rotatable bonds is 2. The number of aromatic amines is 1. The van der Waals surface area contributed by atoms with Crippen molar-refractivity contribution < 1.29 is 14.4 Å². The van der Waals surface area contributed by atoms with Crippen LogP contribution in [0.15, 0.2) is 35.1 Å². The average molecular weight is 254 g/mol. The molecule has 0 unspecified atom stereocenters. The summed E-state index contributed by atoms with van der Waals surface area (Å²) in [5, 5.41) is 2.76. The number of aromatic nitrogens is 2. The van der Waals surface area contributed by atoms with E-state index in [1.807, 2.05) is 0 Å². The predicted octanol–water partition coefficient (Wildman–Crippen LogP) is 0.277. The lowest BCUT2D eigenvalue weighted by Gasteiger charge is -2.05. The Balaban J connectivity index is 2.46. The molecule has 0 saturated carbocycles. The van der Waals surface area contributed by atoms with E-state index < -0.39 is 7.60 Å². The largest absolute Gasteiger partial charge is 0.356 e. The smallest absolute Gasteiger partial charge is 0.321 e. The van der Waals surface area contributed by atoms with E-state index in [-0.39, 0.29) is 10.9 Å². The molecule has 3 N–H and O–H groups in total. The molecule has 1 aromatic carbocycles. The van der Waals surface area contributed by atoms with Crippen molar-refractivity contribution in [3.63, 3.8) is 0 Å². The van der Waals surface area contributed by atoms with Crippen molar-refractivity contribution in [2.24, 2.45) is 0 Å². The van der Waals surface area contributed by atoms with Crippen molar-refractivity contribution in [2.45, 2.75) is 6.92 Å². The van der Waals surface area contributed by atoms with Crippen molar-refractivity contribution in [1.29, 1.82) is 0 Å². The maximum absolute atomic E-state index is 11.5. The minimum absolute atomic E-state index is 0.0717. The molecule has 1 heterocycles. The third-order valence-electron chi connectivity index (χ3n) is 2.29. The summed E-state index contributed by atoms with van der Waals surface area (Å²) in [5.41, 5.74) is 1.03. The number of nitrogens with zero attached hydrogens (tertiary/aromatic N) is 1. The monoisotopic (exact) mass is 254 g/mol. The van der Waals surface area contributed by atoms with Gasteiger partial charge in [0.05, 0.1) is 11.0 Å². The van der Waals surface area contributed by atoms with Gasteiger partial charge in [0.1, 0.15) is 0 Å². The Bertz CT molecular complexity index is 635. The standard InChI is InChI=1S/C10H11N2O4P/c1-7-6-10(13)12(11-7)8-2-4-9(5-3-8)17(14,15)16/h2-6,11H,1H3,(H2,14,15,16). The third-order valence-corrected chi connectivity index (χ3v) is 3.26. The summed E-state index contributed by atoms with van der Waals surface area (Å²) in [6.45, 7) is 1.75. The number of aryl methyl sites for hydroxylation is 1. The Labute approximate surface area is 96.7 Å². The molecule has 0 aliphatic carbocycles. The molecule has 0 aliphatic rings. The predicted molar refractivity (Wildman–Crippen MR) is 62.8 cm³/mol. The quantitative estimate of drug-likeness (QED) is 0.670. The maximum atomic E-state index is 11.5. The normalized spacial score (nSPS) is 11.7. The molecule has 17 heavy (non-hydrogen) atoms. The van der Waals surface area contributed by atoms with Crippen LogP contribution >= 0.6 is 7.60 Å². The Hall–Kier alpha value is -1.62. The van der Waals surface area contributed by atoms with E-state index in [4.69, 9.17) is 9.79 Å². The molecule has 1 aromatic heterocycles. The SMILES string of the molecule is Cc1cc(=O)n(-c2ccc(P(=O)(O)O)cc2)[nH]1. The summed E-state index contributed by atoms with van der Waals surface area (Å²) in [6.07, 6.45) is 0. The zero-order valence-corrected chi connectivity index (χ0v) is 9.89. The highest BCUT2D eigenvalue weighted by atomic mass is 31.2. The molecule has 0 saturated heterocycles. The van der Waals surface area contributed by atoms with E-state index in [0.717, 1.165) is 0 Å². The maximum Gasteiger partial charge on any atom is 0.356 e. The Kier molecular flexibility index (Phi) is 2.79. The molecule has 0 amide bonds. The van der Waals surface area contributed by atoms with E-state index >= 15 is 0 Å². The van der Waals surface area contributed by atoms with Gasteiger partial charge in [-0.3, -0.25) is 14.5 Å². The second-order valence-electron chi connectivity index (χ2n) is 3.67. The summed E-state index contributed by atoms with van der Waals surface area (Å²) in [5.74, 6) is 0. The van der Waals surface area contributed by atoms with Gasteiger partial charge in [-0.05, 0) is 31.2 Å². The van der Waals surface area contributed by atoms with Crippen molar-refractivity contribution in [1.82, 2.24) is 9.78 Å². The van der Waals surface area contributed by atoms with E-state index in [1.165, 1.54) is 35.0 Å². The lowest BCUT2D eigenvalue weighted by Crippen LogP contribution is -2.14. The summed E-state index contributed by atoms with van der Waals surface area (Å²) in [4.78, 5) is 29.4. The van der Waals surface area contributed by atoms with E-state index in [0.29, 0.717) is 11.4 Å². The highest BCUT2D eigenvalue weighted by Crippen LogP contribution is 2.32.